The molecule has 3 heterocycles. The highest BCUT2D eigenvalue weighted by Gasteiger charge is 2.35. The van der Waals surface area contributed by atoms with E-state index >= 15 is 0 Å². The molecule has 6 heteroatoms. The minimum atomic E-state index is -0.198. The van der Waals surface area contributed by atoms with Crippen LogP contribution >= 0.6 is 0 Å². The van der Waals surface area contributed by atoms with Gasteiger partial charge in [0, 0.05) is 48.4 Å². The number of nitrogens with zero attached hydrogens (tertiary/aromatic N) is 4. The Morgan fingerprint density at radius 3 is 2.55 bits per heavy atom. The van der Waals surface area contributed by atoms with Crippen LogP contribution in [0.4, 0.5) is 0 Å². The molecular weight excluding hydrogens is 388 g/mol. The largest absolute Gasteiger partial charge is 0.481 e. The number of fused-ring (bicyclic) bond motifs is 1. The number of hydrazone groups is 1. The Bertz CT molecular complexity index is 1280. The lowest BCUT2D eigenvalue weighted by atomic mass is 9.98. The quantitative estimate of drug-likeness (QED) is 0.495. The molecule has 0 saturated carbocycles. The standard InChI is InChI=1S/C25H22N4O2/c1-28-16-20(19-10-6-7-11-22(19)28)23-14-21(17-8-4-3-5-9-17)27-29(23)25(30)18-12-13-24(31-2)26-15-18/h3-13,15-16,23H,14H2,1-2H3. The number of rotatable bonds is 4. The Kier molecular flexibility index (Phi) is 4.75. The van der Waals surface area contributed by atoms with Gasteiger partial charge in [0.15, 0.2) is 0 Å². The number of methoxy groups -OCH3 is 1. The maximum absolute atomic E-state index is 13.5. The third-order valence-electron chi connectivity index (χ3n) is 5.70. The number of hydrogen-bond donors (Lipinski definition) is 0. The molecule has 1 aliphatic rings. The third kappa shape index (κ3) is 3.36. The summed E-state index contributed by atoms with van der Waals surface area (Å²) in [5.74, 6) is 0.288. The fourth-order valence-corrected chi connectivity index (χ4v) is 4.14. The Labute approximate surface area is 180 Å². The molecule has 1 aliphatic heterocycles. The van der Waals surface area contributed by atoms with Gasteiger partial charge in [-0.05, 0) is 17.7 Å². The zero-order chi connectivity index (χ0) is 21.4. The van der Waals surface area contributed by atoms with Crippen molar-refractivity contribution < 1.29 is 9.53 Å². The van der Waals surface area contributed by atoms with Gasteiger partial charge in [0.1, 0.15) is 0 Å². The molecule has 0 radical (unpaired) electrons. The molecule has 0 spiro atoms. The van der Waals surface area contributed by atoms with Crippen molar-refractivity contribution >= 4 is 22.5 Å². The predicted molar refractivity (Wildman–Crippen MR) is 120 cm³/mol. The maximum atomic E-state index is 13.5. The Balaban J connectivity index is 1.59. The number of amides is 1. The smallest absolute Gasteiger partial charge is 0.276 e. The average molecular weight is 410 g/mol. The van der Waals surface area contributed by atoms with Crippen LogP contribution in [0.15, 0.2) is 84.2 Å². The van der Waals surface area contributed by atoms with E-state index in [9.17, 15) is 4.79 Å². The highest BCUT2D eigenvalue weighted by molar-refractivity contribution is 6.05. The Hall–Kier alpha value is -3.93. The first-order valence-electron chi connectivity index (χ1n) is 10.2. The van der Waals surface area contributed by atoms with Gasteiger partial charge in [-0.1, -0.05) is 48.5 Å². The molecule has 31 heavy (non-hydrogen) atoms. The molecular formula is C25H22N4O2. The SMILES string of the molecule is COc1ccc(C(=O)N2N=C(c3ccccc3)CC2c2cn(C)c3ccccc23)cn1. The van der Waals surface area contributed by atoms with Crippen LogP contribution in [0.3, 0.4) is 0 Å². The Morgan fingerprint density at radius 1 is 1.03 bits per heavy atom. The molecule has 2 aromatic heterocycles. The summed E-state index contributed by atoms with van der Waals surface area (Å²) in [6.07, 6.45) is 4.29. The van der Waals surface area contributed by atoms with Crippen molar-refractivity contribution in [2.45, 2.75) is 12.5 Å². The summed E-state index contributed by atoms with van der Waals surface area (Å²) < 4.78 is 7.22. The second kappa shape index (κ2) is 7.72. The van der Waals surface area contributed by atoms with Crippen LogP contribution in [0.1, 0.15) is 33.9 Å². The van der Waals surface area contributed by atoms with Crippen molar-refractivity contribution in [1.29, 1.82) is 0 Å². The van der Waals surface area contributed by atoms with E-state index in [2.05, 4.69) is 27.9 Å². The van der Waals surface area contributed by atoms with Crippen LogP contribution in [0.5, 0.6) is 5.88 Å². The summed E-state index contributed by atoms with van der Waals surface area (Å²) in [5.41, 5.74) is 4.61. The van der Waals surface area contributed by atoms with Crippen LogP contribution in [0.2, 0.25) is 0 Å². The monoisotopic (exact) mass is 410 g/mol. The molecule has 1 atom stereocenters. The first-order valence-corrected chi connectivity index (χ1v) is 10.2. The van der Waals surface area contributed by atoms with E-state index < -0.39 is 0 Å². The molecule has 0 fully saturated rings. The number of aromatic nitrogens is 2. The van der Waals surface area contributed by atoms with Crippen LogP contribution < -0.4 is 4.74 Å². The number of benzene rings is 2. The number of carbonyl (C=O) groups excluding carboxylic acids is 1. The van der Waals surface area contributed by atoms with E-state index in [1.54, 1.807) is 24.3 Å². The zero-order valence-electron chi connectivity index (χ0n) is 17.4. The van der Waals surface area contributed by atoms with E-state index in [-0.39, 0.29) is 11.9 Å². The fourth-order valence-electron chi connectivity index (χ4n) is 4.14. The second-order valence-corrected chi connectivity index (χ2v) is 7.58. The van der Waals surface area contributed by atoms with Crippen LogP contribution in [0.25, 0.3) is 10.9 Å². The van der Waals surface area contributed by atoms with Gasteiger partial charge in [-0.2, -0.15) is 5.10 Å². The molecule has 5 rings (SSSR count). The van der Waals surface area contributed by atoms with Gasteiger partial charge >= 0.3 is 0 Å². The summed E-state index contributed by atoms with van der Waals surface area (Å²) in [4.78, 5) is 17.7. The number of carbonyl (C=O) groups is 1. The van der Waals surface area contributed by atoms with E-state index in [0.717, 1.165) is 27.7 Å². The van der Waals surface area contributed by atoms with Gasteiger partial charge in [0.05, 0.1) is 24.4 Å². The van der Waals surface area contributed by atoms with Crippen molar-refractivity contribution in [3.8, 4) is 5.88 Å². The lowest BCUT2D eigenvalue weighted by Crippen LogP contribution is -2.27. The predicted octanol–water partition coefficient (Wildman–Crippen LogP) is 4.57. The molecule has 0 aliphatic carbocycles. The minimum absolute atomic E-state index is 0.181. The van der Waals surface area contributed by atoms with Gasteiger partial charge in [-0.15, -0.1) is 0 Å². The molecule has 6 nitrogen and oxygen atoms in total. The summed E-state index contributed by atoms with van der Waals surface area (Å²) in [6, 6.07) is 21.5. The first kappa shape index (κ1) is 19.1. The summed E-state index contributed by atoms with van der Waals surface area (Å²) in [6.45, 7) is 0. The summed E-state index contributed by atoms with van der Waals surface area (Å²) in [5, 5.41) is 7.52. The van der Waals surface area contributed by atoms with Crippen molar-refractivity contribution in [3.63, 3.8) is 0 Å². The summed E-state index contributed by atoms with van der Waals surface area (Å²) in [7, 11) is 3.58. The number of para-hydroxylation sites is 1. The van der Waals surface area contributed by atoms with Gasteiger partial charge in [0.2, 0.25) is 5.88 Å². The average Bonchev–Trinajstić information content (AvgIpc) is 3.41. The number of ether oxygens (including phenoxy) is 1. The van der Waals surface area contributed by atoms with Gasteiger partial charge < -0.3 is 9.30 Å². The number of hydrogen-bond acceptors (Lipinski definition) is 4. The van der Waals surface area contributed by atoms with Crippen molar-refractivity contribution in [3.05, 3.63) is 95.8 Å². The molecule has 2 aromatic carbocycles. The first-order chi connectivity index (χ1) is 15.2. The normalized spacial score (nSPS) is 15.9. The highest BCUT2D eigenvalue weighted by Crippen LogP contribution is 2.38. The second-order valence-electron chi connectivity index (χ2n) is 7.58. The molecule has 4 aromatic rings. The molecule has 1 amide bonds. The van der Waals surface area contributed by atoms with Crippen LogP contribution in [-0.4, -0.2) is 33.3 Å². The van der Waals surface area contributed by atoms with Crippen molar-refractivity contribution in [1.82, 2.24) is 14.6 Å². The van der Waals surface area contributed by atoms with Crippen LogP contribution in [-0.2, 0) is 7.05 Å². The molecule has 0 N–H and O–H groups in total. The molecule has 0 bridgehead atoms. The number of pyridine rings is 1. The third-order valence-corrected chi connectivity index (χ3v) is 5.70. The lowest BCUT2D eigenvalue weighted by molar-refractivity contribution is 0.0711. The van der Waals surface area contributed by atoms with Gasteiger partial charge in [0.25, 0.3) is 5.91 Å². The fraction of sp³-hybridized carbons (Fsp3) is 0.160. The minimum Gasteiger partial charge on any atom is -0.481 e. The van der Waals surface area contributed by atoms with Crippen molar-refractivity contribution in [2.24, 2.45) is 12.1 Å². The molecule has 154 valence electrons. The summed E-state index contributed by atoms with van der Waals surface area (Å²) >= 11 is 0. The molecule has 1 unspecified atom stereocenters. The van der Waals surface area contributed by atoms with E-state index in [0.29, 0.717) is 17.9 Å². The zero-order valence-corrected chi connectivity index (χ0v) is 17.4. The van der Waals surface area contributed by atoms with Gasteiger partial charge in [-0.25, -0.2) is 9.99 Å². The van der Waals surface area contributed by atoms with E-state index in [1.165, 1.54) is 6.20 Å². The van der Waals surface area contributed by atoms with Crippen LogP contribution in [0, 0.1) is 0 Å². The van der Waals surface area contributed by atoms with Gasteiger partial charge in [-0.3, -0.25) is 4.79 Å². The number of aryl methyl sites for hydroxylation is 1. The maximum Gasteiger partial charge on any atom is 0.276 e. The Morgan fingerprint density at radius 2 is 1.81 bits per heavy atom. The van der Waals surface area contributed by atoms with Crippen molar-refractivity contribution in [2.75, 3.05) is 7.11 Å². The lowest BCUT2D eigenvalue weighted by Gasteiger charge is -2.21. The molecule has 0 saturated heterocycles. The van der Waals surface area contributed by atoms with E-state index in [1.807, 2.05) is 49.5 Å². The van der Waals surface area contributed by atoms with E-state index in [4.69, 9.17) is 9.84 Å². The highest BCUT2D eigenvalue weighted by atomic mass is 16.5. The topological polar surface area (TPSA) is 59.7 Å².